The molecule has 1 amide bonds. The molecule has 1 fully saturated rings. The van der Waals surface area contributed by atoms with Gasteiger partial charge in [-0.05, 0) is 37.0 Å². The van der Waals surface area contributed by atoms with E-state index in [-0.39, 0.29) is 12.3 Å². The molecular weight excluding hydrogens is 232 g/mol. The molecule has 0 unspecified atom stereocenters. The van der Waals surface area contributed by atoms with E-state index >= 15 is 0 Å². The maximum absolute atomic E-state index is 12.1. The molecular formula is C13H16N2O3. The number of nitrogens with zero attached hydrogens (tertiary/aromatic N) is 2. The van der Waals surface area contributed by atoms with Crippen molar-refractivity contribution in [3.63, 3.8) is 0 Å². The number of hydrogen-bond acceptors (Lipinski definition) is 3. The van der Waals surface area contributed by atoms with Crippen molar-refractivity contribution in [2.24, 2.45) is 0 Å². The average Bonchev–Trinajstić information content (AvgIpc) is 2.40. The predicted molar refractivity (Wildman–Crippen MR) is 64.9 cm³/mol. The van der Waals surface area contributed by atoms with Crippen LogP contribution >= 0.6 is 0 Å². The minimum atomic E-state index is -0.905. The summed E-state index contributed by atoms with van der Waals surface area (Å²) in [5.41, 5.74) is 0.865. The molecule has 1 atom stereocenters. The van der Waals surface area contributed by atoms with Crippen LogP contribution in [-0.2, 0) is 16.0 Å². The summed E-state index contributed by atoms with van der Waals surface area (Å²) in [6.07, 6.45) is 5.81. The fourth-order valence-electron chi connectivity index (χ4n) is 2.26. The van der Waals surface area contributed by atoms with Gasteiger partial charge in [0.2, 0.25) is 5.91 Å². The molecule has 0 bridgehead atoms. The van der Waals surface area contributed by atoms with Crippen molar-refractivity contribution in [1.82, 2.24) is 9.88 Å². The summed E-state index contributed by atoms with van der Waals surface area (Å²) < 4.78 is 0. The molecule has 5 nitrogen and oxygen atoms in total. The molecule has 2 heterocycles. The first kappa shape index (κ1) is 12.5. The van der Waals surface area contributed by atoms with E-state index in [2.05, 4.69) is 4.98 Å². The van der Waals surface area contributed by atoms with Gasteiger partial charge in [0.05, 0.1) is 6.42 Å². The highest BCUT2D eigenvalue weighted by molar-refractivity contribution is 5.85. The van der Waals surface area contributed by atoms with Gasteiger partial charge in [0.25, 0.3) is 0 Å². The Hall–Kier alpha value is -1.91. The Labute approximate surface area is 105 Å². The summed E-state index contributed by atoms with van der Waals surface area (Å²) >= 11 is 0. The van der Waals surface area contributed by atoms with Crippen LogP contribution in [0.4, 0.5) is 0 Å². The molecule has 1 saturated heterocycles. The van der Waals surface area contributed by atoms with Crippen molar-refractivity contribution in [3.05, 3.63) is 30.1 Å². The van der Waals surface area contributed by atoms with E-state index in [0.29, 0.717) is 13.0 Å². The molecule has 1 aromatic heterocycles. The number of likely N-dealkylation sites (tertiary alicyclic amines) is 1. The molecule has 5 heteroatoms. The molecule has 18 heavy (non-hydrogen) atoms. The smallest absolute Gasteiger partial charge is 0.326 e. The molecule has 2 rings (SSSR count). The van der Waals surface area contributed by atoms with Gasteiger partial charge in [-0.1, -0.05) is 0 Å². The summed E-state index contributed by atoms with van der Waals surface area (Å²) in [4.78, 5) is 28.6. The van der Waals surface area contributed by atoms with Crippen LogP contribution in [0.5, 0.6) is 0 Å². The van der Waals surface area contributed by atoms with E-state index < -0.39 is 12.0 Å². The second-order valence-electron chi connectivity index (χ2n) is 4.47. The number of hydrogen-bond donors (Lipinski definition) is 1. The summed E-state index contributed by atoms with van der Waals surface area (Å²) in [6, 6.07) is 2.89. The first-order valence-electron chi connectivity index (χ1n) is 6.09. The van der Waals surface area contributed by atoms with Gasteiger partial charge in [-0.15, -0.1) is 0 Å². The minimum absolute atomic E-state index is 0.117. The van der Waals surface area contributed by atoms with Gasteiger partial charge < -0.3 is 10.0 Å². The lowest BCUT2D eigenvalue weighted by Crippen LogP contribution is -2.48. The lowest BCUT2D eigenvalue weighted by atomic mass is 10.0. The van der Waals surface area contributed by atoms with Crippen LogP contribution in [-0.4, -0.2) is 39.5 Å². The molecule has 1 aliphatic rings. The molecule has 0 spiro atoms. The third-order valence-corrected chi connectivity index (χ3v) is 3.21. The number of aromatic nitrogens is 1. The number of pyridine rings is 1. The largest absolute Gasteiger partial charge is 0.480 e. The highest BCUT2D eigenvalue weighted by Crippen LogP contribution is 2.18. The Morgan fingerprint density at radius 3 is 2.72 bits per heavy atom. The molecule has 1 aromatic rings. The zero-order valence-electron chi connectivity index (χ0n) is 10.1. The van der Waals surface area contributed by atoms with Crippen LogP contribution in [0, 0.1) is 0 Å². The number of amides is 1. The predicted octanol–water partition coefficient (Wildman–Crippen LogP) is 1.09. The lowest BCUT2D eigenvalue weighted by molar-refractivity contribution is -0.151. The zero-order chi connectivity index (χ0) is 13.0. The van der Waals surface area contributed by atoms with Crippen molar-refractivity contribution in [2.75, 3.05) is 6.54 Å². The van der Waals surface area contributed by atoms with Crippen molar-refractivity contribution in [1.29, 1.82) is 0 Å². The van der Waals surface area contributed by atoms with Crippen LogP contribution in [0.1, 0.15) is 24.8 Å². The van der Waals surface area contributed by atoms with E-state index in [0.717, 1.165) is 18.4 Å². The number of carbonyl (C=O) groups is 2. The van der Waals surface area contributed by atoms with Gasteiger partial charge in [-0.2, -0.15) is 0 Å². The third kappa shape index (κ3) is 2.85. The summed E-state index contributed by atoms with van der Waals surface area (Å²) in [5, 5.41) is 9.12. The minimum Gasteiger partial charge on any atom is -0.480 e. The van der Waals surface area contributed by atoms with Gasteiger partial charge in [-0.3, -0.25) is 9.78 Å². The first-order valence-corrected chi connectivity index (χ1v) is 6.09. The number of carbonyl (C=O) groups excluding carboxylic acids is 1. The Balaban J connectivity index is 2.05. The molecule has 1 aliphatic heterocycles. The Morgan fingerprint density at radius 2 is 2.06 bits per heavy atom. The van der Waals surface area contributed by atoms with Crippen LogP contribution < -0.4 is 0 Å². The van der Waals surface area contributed by atoms with E-state index in [9.17, 15) is 9.59 Å². The maximum Gasteiger partial charge on any atom is 0.326 e. The van der Waals surface area contributed by atoms with Gasteiger partial charge in [0, 0.05) is 18.9 Å². The highest BCUT2D eigenvalue weighted by Gasteiger charge is 2.31. The monoisotopic (exact) mass is 248 g/mol. The number of rotatable bonds is 3. The molecule has 96 valence electrons. The first-order chi connectivity index (χ1) is 8.68. The number of carboxylic acids is 1. The molecule has 0 saturated carbocycles. The fourth-order valence-corrected chi connectivity index (χ4v) is 2.26. The molecule has 1 N–H and O–H groups in total. The molecule has 0 aliphatic carbocycles. The van der Waals surface area contributed by atoms with Gasteiger partial charge in [0.15, 0.2) is 0 Å². The van der Waals surface area contributed by atoms with Crippen LogP contribution in [0.15, 0.2) is 24.5 Å². The summed E-state index contributed by atoms with van der Waals surface area (Å²) in [5.74, 6) is -1.02. The van der Waals surface area contributed by atoms with Crippen LogP contribution in [0.25, 0.3) is 0 Å². The quantitative estimate of drug-likeness (QED) is 0.869. The van der Waals surface area contributed by atoms with Crippen LogP contribution in [0.2, 0.25) is 0 Å². The van der Waals surface area contributed by atoms with E-state index in [1.165, 1.54) is 4.90 Å². The molecule has 0 aromatic carbocycles. The second kappa shape index (κ2) is 5.62. The maximum atomic E-state index is 12.1. The van der Waals surface area contributed by atoms with Gasteiger partial charge in [0.1, 0.15) is 6.04 Å². The van der Waals surface area contributed by atoms with Crippen LogP contribution in [0.3, 0.4) is 0 Å². The molecule has 0 radical (unpaired) electrons. The SMILES string of the molecule is O=C(O)[C@@H]1CCCCN1C(=O)Cc1ccncc1. The normalized spacial score (nSPS) is 19.6. The number of carboxylic acid groups (broad SMARTS) is 1. The topological polar surface area (TPSA) is 70.5 Å². The summed E-state index contributed by atoms with van der Waals surface area (Å²) in [7, 11) is 0. The lowest BCUT2D eigenvalue weighted by Gasteiger charge is -2.33. The third-order valence-electron chi connectivity index (χ3n) is 3.21. The van der Waals surface area contributed by atoms with E-state index in [4.69, 9.17) is 5.11 Å². The van der Waals surface area contributed by atoms with Crippen molar-refractivity contribution in [3.8, 4) is 0 Å². The Morgan fingerprint density at radius 1 is 1.33 bits per heavy atom. The average molecular weight is 248 g/mol. The van der Waals surface area contributed by atoms with E-state index in [1.807, 2.05) is 0 Å². The Kier molecular flexibility index (Phi) is 3.92. The summed E-state index contributed by atoms with van der Waals surface area (Å²) in [6.45, 7) is 0.543. The Bertz CT molecular complexity index is 433. The van der Waals surface area contributed by atoms with Crippen molar-refractivity contribution >= 4 is 11.9 Å². The second-order valence-corrected chi connectivity index (χ2v) is 4.47. The zero-order valence-corrected chi connectivity index (χ0v) is 10.1. The van der Waals surface area contributed by atoms with Crippen molar-refractivity contribution < 1.29 is 14.7 Å². The number of aliphatic carboxylic acids is 1. The standard InChI is InChI=1S/C13H16N2O3/c16-12(9-10-4-6-14-7-5-10)15-8-2-1-3-11(15)13(17)18/h4-7,11H,1-3,8-9H2,(H,17,18)/t11-/m0/s1. The highest BCUT2D eigenvalue weighted by atomic mass is 16.4. The number of piperidine rings is 1. The van der Waals surface area contributed by atoms with Gasteiger partial charge >= 0.3 is 5.97 Å². The van der Waals surface area contributed by atoms with Crippen molar-refractivity contribution in [2.45, 2.75) is 31.7 Å². The van der Waals surface area contributed by atoms with E-state index in [1.54, 1.807) is 24.5 Å². The van der Waals surface area contributed by atoms with Gasteiger partial charge in [-0.25, -0.2) is 4.79 Å². The fraction of sp³-hybridized carbons (Fsp3) is 0.462.